The Balaban J connectivity index is 1.71. The number of anilines is 3. The van der Waals surface area contributed by atoms with Gasteiger partial charge in [-0.15, -0.1) is 0 Å². The maximum atomic E-state index is 14.6. The Hall–Kier alpha value is -2.69. The van der Waals surface area contributed by atoms with Crippen molar-refractivity contribution in [1.29, 1.82) is 0 Å². The zero-order chi connectivity index (χ0) is 22.5. The molecule has 2 heterocycles. The van der Waals surface area contributed by atoms with E-state index >= 15 is 0 Å². The second-order valence-corrected chi connectivity index (χ2v) is 9.78. The molecule has 0 radical (unpaired) electrons. The normalized spacial score (nSPS) is 15.1. The lowest BCUT2D eigenvalue weighted by Crippen LogP contribution is -2.50. The maximum Gasteiger partial charge on any atom is 0.301 e. The van der Waals surface area contributed by atoms with Crippen LogP contribution in [0.3, 0.4) is 0 Å². The molecular weight excluding hydrogens is 445 g/mol. The number of aromatic nitrogens is 2. The third-order valence-corrected chi connectivity index (χ3v) is 7.16. The van der Waals surface area contributed by atoms with E-state index < -0.39 is 16.0 Å². The van der Waals surface area contributed by atoms with Gasteiger partial charge in [-0.2, -0.15) is 12.7 Å². The Morgan fingerprint density at radius 3 is 2.55 bits per heavy atom. The van der Waals surface area contributed by atoms with Gasteiger partial charge in [0.2, 0.25) is 0 Å². The summed E-state index contributed by atoms with van der Waals surface area (Å²) in [5.74, 6) is -0.375. The van der Waals surface area contributed by atoms with Crippen LogP contribution in [0.2, 0.25) is 5.02 Å². The average molecular weight is 466 g/mol. The van der Waals surface area contributed by atoms with E-state index in [1.807, 2.05) is 6.92 Å². The lowest BCUT2D eigenvalue weighted by Gasteiger charge is -2.35. The smallest absolute Gasteiger partial charge is 0.301 e. The molecule has 0 aliphatic carbocycles. The molecule has 4 rings (SSSR count). The minimum Gasteiger partial charge on any atom is -0.352 e. The molecule has 0 bridgehead atoms. The van der Waals surface area contributed by atoms with Crippen LogP contribution in [0, 0.1) is 18.7 Å². The number of rotatable bonds is 5. The van der Waals surface area contributed by atoms with E-state index in [-0.39, 0.29) is 27.9 Å². The molecule has 164 valence electrons. The van der Waals surface area contributed by atoms with Gasteiger partial charge in [-0.25, -0.2) is 9.37 Å². The van der Waals surface area contributed by atoms with Crippen molar-refractivity contribution < 1.29 is 12.8 Å². The summed E-state index contributed by atoms with van der Waals surface area (Å²) in [5.41, 5.74) is 1.27. The molecule has 1 fully saturated rings. The molecule has 0 unspecified atom stereocenters. The van der Waals surface area contributed by atoms with Crippen LogP contribution in [0.15, 0.2) is 35.4 Å². The lowest BCUT2D eigenvalue weighted by atomic mass is 10.1. The van der Waals surface area contributed by atoms with Gasteiger partial charge in [0.25, 0.3) is 5.56 Å². The van der Waals surface area contributed by atoms with E-state index in [2.05, 4.69) is 15.0 Å². The third-order valence-electron chi connectivity index (χ3n) is 5.31. The molecule has 1 aliphatic heterocycles. The first-order chi connectivity index (χ1) is 14.6. The first kappa shape index (κ1) is 21.5. The molecule has 2 N–H and O–H groups in total. The zero-order valence-electron chi connectivity index (χ0n) is 17.1. The molecule has 1 saturated heterocycles. The van der Waals surface area contributed by atoms with Crippen LogP contribution in [0.25, 0.3) is 10.9 Å². The number of hydrogen-bond acceptors (Lipinski definition) is 5. The molecule has 0 saturated carbocycles. The van der Waals surface area contributed by atoms with E-state index in [4.69, 9.17) is 11.6 Å². The quantitative estimate of drug-likeness (QED) is 0.602. The van der Waals surface area contributed by atoms with Gasteiger partial charge >= 0.3 is 10.2 Å². The van der Waals surface area contributed by atoms with Crippen LogP contribution in [-0.4, -0.2) is 35.4 Å². The van der Waals surface area contributed by atoms with Gasteiger partial charge in [0, 0.05) is 25.8 Å². The summed E-state index contributed by atoms with van der Waals surface area (Å²) in [6, 6.07) is 5.71. The predicted molar refractivity (Wildman–Crippen MR) is 120 cm³/mol. The average Bonchev–Trinajstić information content (AvgIpc) is 2.69. The molecule has 0 amide bonds. The summed E-state index contributed by atoms with van der Waals surface area (Å²) in [6.45, 7) is 4.50. The molecule has 0 spiro atoms. The topological polar surface area (TPSA) is 96.3 Å². The highest BCUT2D eigenvalue weighted by Gasteiger charge is 2.33. The number of halogens is 2. The third kappa shape index (κ3) is 3.86. The van der Waals surface area contributed by atoms with Gasteiger partial charge in [0.15, 0.2) is 0 Å². The lowest BCUT2D eigenvalue weighted by molar-refractivity contribution is 0.219. The van der Waals surface area contributed by atoms with Crippen LogP contribution >= 0.6 is 11.6 Å². The second-order valence-electron chi connectivity index (χ2n) is 7.73. The first-order valence-corrected chi connectivity index (χ1v) is 11.4. The number of benzene rings is 2. The van der Waals surface area contributed by atoms with Crippen LogP contribution in [0.5, 0.6) is 0 Å². The molecule has 8 nitrogen and oxygen atoms in total. The highest BCUT2D eigenvalue weighted by Crippen LogP contribution is 2.37. The predicted octanol–water partition coefficient (Wildman–Crippen LogP) is 3.39. The van der Waals surface area contributed by atoms with Crippen LogP contribution < -0.4 is 15.6 Å². The van der Waals surface area contributed by atoms with Crippen LogP contribution in [0.4, 0.5) is 21.5 Å². The minimum absolute atomic E-state index is 0.0566. The SMILES string of the molecule is Cc1c(Nc2c(F)ccc(NS(=O)(=O)N3CC(C)C3)c2Cl)ccc2ncn(C)c(=O)c12. The van der Waals surface area contributed by atoms with Gasteiger partial charge in [-0.1, -0.05) is 18.5 Å². The Morgan fingerprint density at radius 2 is 1.87 bits per heavy atom. The van der Waals surface area contributed by atoms with Gasteiger partial charge in [-0.05, 0) is 42.7 Å². The zero-order valence-corrected chi connectivity index (χ0v) is 18.7. The molecular formula is C20H21ClFN5O3S. The van der Waals surface area contributed by atoms with Crippen molar-refractivity contribution in [3.63, 3.8) is 0 Å². The number of aryl methyl sites for hydroxylation is 2. The Labute approximate surface area is 183 Å². The number of nitrogens with zero attached hydrogens (tertiary/aromatic N) is 3. The maximum absolute atomic E-state index is 14.6. The molecule has 2 aromatic carbocycles. The number of hydrogen-bond donors (Lipinski definition) is 2. The van der Waals surface area contributed by atoms with Gasteiger partial charge in [0.05, 0.1) is 33.6 Å². The van der Waals surface area contributed by atoms with Crippen molar-refractivity contribution in [2.75, 3.05) is 23.1 Å². The van der Waals surface area contributed by atoms with Crippen molar-refractivity contribution in [2.45, 2.75) is 13.8 Å². The van der Waals surface area contributed by atoms with Crippen molar-refractivity contribution in [1.82, 2.24) is 13.9 Å². The summed E-state index contributed by atoms with van der Waals surface area (Å²) >= 11 is 6.37. The molecule has 11 heteroatoms. The van der Waals surface area contributed by atoms with Gasteiger partial charge < -0.3 is 9.88 Å². The highest BCUT2D eigenvalue weighted by atomic mass is 35.5. The Kier molecular flexibility index (Phi) is 5.40. The monoisotopic (exact) mass is 465 g/mol. The molecule has 31 heavy (non-hydrogen) atoms. The van der Waals surface area contributed by atoms with Crippen molar-refractivity contribution in [2.24, 2.45) is 13.0 Å². The van der Waals surface area contributed by atoms with Crippen molar-refractivity contribution in [3.05, 3.63) is 57.3 Å². The summed E-state index contributed by atoms with van der Waals surface area (Å²) in [6.07, 6.45) is 1.43. The molecule has 1 aliphatic rings. The summed E-state index contributed by atoms with van der Waals surface area (Å²) < 4.78 is 44.7. The van der Waals surface area contributed by atoms with Crippen LogP contribution in [0.1, 0.15) is 12.5 Å². The van der Waals surface area contributed by atoms with E-state index in [1.54, 1.807) is 26.1 Å². The van der Waals surface area contributed by atoms with Gasteiger partial charge in [-0.3, -0.25) is 9.52 Å². The summed E-state index contributed by atoms with van der Waals surface area (Å²) in [5, 5.41) is 3.19. The largest absolute Gasteiger partial charge is 0.352 e. The highest BCUT2D eigenvalue weighted by molar-refractivity contribution is 7.90. The second kappa shape index (κ2) is 7.77. The van der Waals surface area contributed by atoms with E-state index in [1.165, 1.54) is 21.3 Å². The number of nitrogens with one attached hydrogen (secondary N) is 2. The molecule has 0 atom stereocenters. The summed E-state index contributed by atoms with van der Waals surface area (Å²) in [7, 11) is -2.19. The standard InChI is InChI=1S/C20H21ClFN5O3S/c1-11-8-27(9-11)31(29,30)25-16-5-4-13(22)19(18(16)21)24-14-6-7-15-17(12(14)2)20(28)26(3)10-23-15/h4-7,10-11,24-25H,8-9H2,1-3H3. The Morgan fingerprint density at radius 1 is 1.19 bits per heavy atom. The van der Waals surface area contributed by atoms with E-state index in [0.29, 0.717) is 35.2 Å². The van der Waals surface area contributed by atoms with E-state index in [9.17, 15) is 17.6 Å². The fourth-order valence-corrected chi connectivity index (χ4v) is 5.29. The Bertz CT molecular complexity index is 1350. The number of fused-ring (bicyclic) bond motifs is 1. The fourth-order valence-electron chi connectivity index (χ4n) is 3.51. The molecule has 3 aromatic rings. The molecule has 1 aromatic heterocycles. The first-order valence-electron chi connectivity index (χ1n) is 9.56. The van der Waals surface area contributed by atoms with Crippen molar-refractivity contribution >= 4 is 49.8 Å². The minimum atomic E-state index is -3.79. The van der Waals surface area contributed by atoms with Crippen LogP contribution in [-0.2, 0) is 17.3 Å². The summed E-state index contributed by atoms with van der Waals surface area (Å²) in [4.78, 5) is 16.8. The van der Waals surface area contributed by atoms with Crippen molar-refractivity contribution in [3.8, 4) is 0 Å². The fraction of sp³-hybridized carbons (Fsp3) is 0.300. The van der Waals surface area contributed by atoms with Gasteiger partial charge in [0.1, 0.15) is 5.82 Å². The van der Waals surface area contributed by atoms with E-state index in [0.717, 1.165) is 6.07 Å².